The monoisotopic (exact) mass is 759 g/mol. The lowest BCUT2D eigenvalue weighted by molar-refractivity contribution is -0.0785. The van der Waals surface area contributed by atoms with Crippen LogP contribution >= 0.6 is 7.82 Å². The summed E-state index contributed by atoms with van der Waals surface area (Å²) in [6.45, 7) is 1.91. The number of rotatable bonds is 27. The third-order valence-electron chi connectivity index (χ3n) is 9.57. The van der Waals surface area contributed by atoms with Gasteiger partial charge in [-0.15, -0.1) is 0 Å². The number of ether oxygens (including phenoxy) is 3. The first-order valence-corrected chi connectivity index (χ1v) is 20.6. The van der Waals surface area contributed by atoms with Gasteiger partial charge in [0.05, 0.1) is 25.5 Å². The number of aliphatic hydroxyl groups excluding tert-OH is 2. The molecule has 0 aliphatic carbocycles. The Morgan fingerprint density at radius 1 is 0.943 bits per heavy atom. The fourth-order valence-corrected chi connectivity index (χ4v) is 7.22. The van der Waals surface area contributed by atoms with Crippen molar-refractivity contribution in [1.29, 1.82) is 5.26 Å². The fraction of sp³-hybridized carbons (Fsp3) is 0.658. The highest BCUT2D eigenvalue weighted by atomic mass is 31.2. The van der Waals surface area contributed by atoms with Crippen LogP contribution in [0.1, 0.15) is 114 Å². The Bertz CT molecular complexity index is 1570. The minimum Gasteiger partial charge on any atom is -0.387 e. The molecule has 5 N–H and O–H groups in total. The topological polar surface area (TPSA) is 204 Å². The second kappa shape index (κ2) is 22.4. The zero-order valence-electron chi connectivity index (χ0n) is 31.0. The smallest absolute Gasteiger partial charge is 0.387 e. The van der Waals surface area contributed by atoms with Crippen LogP contribution in [0.3, 0.4) is 0 Å². The number of nitrogens with zero attached hydrogens (tertiary/aromatic N) is 4. The van der Waals surface area contributed by atoms with Crippen LogP contribution in [-0.4, -0.2) is 80.0 Å². The van der Waals surface area contributed by atoms with E-state index in [-0.39, 0.29) is 24.7 Å². The summed E-state index contributed by atoms with van der Waals surface area (Å²) in [4.78, 5) is 14.5. The van der Waals surface area contributed by atoms with Gasteiger partial charge in [-0.25, -0.2) is 14.1 Å². The molecule has 0 bridgehead atoms. The number of benzene rings is 1. The van der Waals surface area contributed by atoms with Gasteiger partial charge < -0.3 is 35.1 Å². The second-order valence-electron chi connectivity index (χ2n) is 13.8. The number of nitrogens with two attached hydrogens (primary N) is 1. The van der Waals surface area contributed by atoms with Crippen LogP contribution < -0.4 is 5.73 Å². The van der Waals surface area contributed by atoms with Crippen LogP contribution in [0.15, 0.2) is 48.8 Å². The normalized spacial score (nSPS) is 21.8. The number of aromatic nitrogens is 3. The van der Waals surface area contributed by atoms with E-state index in [1.165, 1.54) is 81.5 Å². The highest BCUT2D eigenvalue weighted by Crippen LogP contribution is 2.47. The molecule has 0 amide bonds. The number of phosphoric ester groups is 1. The summed E-state index contributed by atoms with van der Waals surface area (Å²) in [6, 6.07) is 14.6. The molecule has 2 aromatic heterocycles. The highest BCUT2D eigenvalue weighted by molar-refractivity contribution is 7.47. The predicted octanol–water partition coefficient (Wildman–Crippen LogP) is 6.58. The van der Waals surface area contributed by atoms with E-state index in [2.05, 4.69) is 17.0 Å². The second-order valence-corrected chi connectivity index (χ2v) is 15.3. The summed E-state index contributed by atoms with van der Waals surface area (Å²) in [7, 11) is -4.79. The fourth-order valence-electron chi connectivity index (χ4n) is 6.44. The Balaban J connectivity index is 1.21. The van der Waals surface area contributed by atoms with Gasteiger partial charge in [0, 0.05) is 6.61 Å². The first kappa shape index (κ1) is 42.8. The largest absolute Gasteiger partial charge is 0.472 e. The summed E-state index contributed by atoms with van der Waals surface area (Å²) in [5.74, 6) is 0.180. The third kappa shape index (κ3) is 13.4. The maximum atomic E-state index is 13.0. The maximum Gasteiger partial charge on any atom is 0.472 e. The van der Waals surface area contributed by atoms with Gasteiger partial charge >= 0.3 is 7.82 Å². The lowest BCUT2D eigenvalue weighted by atomic mass is 9.96. The SMILES string of the molecule is CCCCCCCCCCCCCCCCO[C@H](COCc1ccccc1)COP(=O)(O)OC[C@@]1(C#N)O[C@@H](c2ccc3c(N)ncnn23)[C@H](O)[C@@H]1O. The zero-order chi connectivity index (χ0) is 37.9. The summed E-state index contributed by atoms with van der Waals surface area (Å²) in [5.41, 5.74) is 5.40. The Morgan fingerprint density at radius 2 is 1.58 bits per heavy atom. The number of phosphoric acid groups is 1. The van der Waals surface area contributed by atoms with E-state index in [4.69, 9.17) is 29.0 Å². The standard InChI is InChI=1S/C38H58N5O9P/c1-2-3-4-5-6-7-8-9-10-11-12-13-14-18-23-49-31(25-48-24-30-19-16-15-17-20-30)26-50-53(46,47)51-28-38(27-39)36(45)34(44)35(52-38)32-21-22-33-37(40)41-29-42-43(32)33/h15-17,19-22,29,31,34-36,44-45H,2-14,18,23-26,28H2,1H3,(H,46,47)(H2,40,41,42)/t31-,34+,35+,36+,38-/m1/s1. The molecule has 14 nitrogen and oxygen atoms in total. The highest BCUT2D eigenvalue weighted by Gasteiger charge is 2.57. The minimum absolute atomic E-state index is 0.102. The van der Waals surface area contributed by atoms with Crippen molar-refractivity contribution in [2.75, 3.05) is 32.2 Å². The number of aliphatic hydroxyl groups is 2. The molecule has 1 aliphatic heterocycles. The van der Waals surface area contributed by atoms with Crippen LogP contribution in [0.2, 0.25) is 0 Å². The Kier molecular flexibility index (Phi) is 18.1. The average Bonchev–Trinajstić information content (AvgIpc) is 3.70. The molecule has 3 aromatic rings. The van der Waals surface area contributed by atoms with Crippen molar-refractivity contribution in [3.8, 4) is 6.07 Å². The molecule has 1 unspecified atom stereocenters. The number of unbranched alkanes of at least 4 members (excludes halogenated alkanes) is 13. The van der Waals surface area contributed by atoms with Crippen molar-refractivity contribution >= 4 is 19.2 Å². The minimum atomic E-state index is -4.79. The van der Waals surface area contributed by atoms with Crippen LogP contribution in [0.25, 0.3) is 5.52 Å². The lowest BCUT2D eigenvalue weighted by Gasteiger charge is -2.26. The molecule has 0 saturated carbocycles. The van der Waals surface area contributed by atoms with Crippen molar-refractivity contribution in [3.63, 3.8) is 0 Å². The molecule has 4 rings (SSSR count). The molecule has 0 radical (unpaired) electrons. The van der Waals surface area contributed by atoms with E-state index in [1.54, 1.807) is 18.2 Å². The molecule has 294 valence electrons. The van der Waals surface area contributed by atoms with Crippen LogP contribution in [0.5, 0.6) is 0 Å². The molecule has 1 fully saturated rings. The molecule has 15 heteroatoms. The van der Waals surface area contributed by atoms with Gasteiger partial charge in [-0.2, -0.15) is 10.4 Å². The predicted molar refractivity (Wildman–Crippen MR) is 199 cm³/mol. The third-order valence-corrected chi connectivity index (χ3v) is 10.5. The van der Waals surface area contributed by atoms with E-state index >= 15 is 0 Å². The van der Waals surface area contributed by atoms with Gasteiger partial charge in [-0.05, 0) is 24.1 Å². The van der Waals surface area contributed by atoms with Crippen molar-refractivity contribution in [2.24, 2.45) is 0 Å². The Morgan fingerprint density at radius 3 is 2.23 bits per heavy atom. The van der Waals surface area contributed by atoms with Crippen molar-refractivity contribution in [2.45, 2.75) is 133 Å². The van der Waals surface area contributed by atoms with Gasteiger partial charge in [-0.1, -0.05) is 121 Å². The maximum absolute atomic E-state index is 13.0. The molecular formula is C38H58N5O9P. The first-order chi connectivity index (χ1) is 25.7. The summed E-state index contributed by atoms with van der Waals surface area (Å²) in [5, 5.41) is 35.9. The summed E-state index contributed by atoms with van der Waals surface area (Å²) < 4.78 is 42.6. The number of hydrogen-bond donors (Lipinski definition) is 4. The van der Waals surface area contributed by atoms with Gasteiger partial charge in [-0.3, -0.25) is 9.05 Å². The number of anilines is 1. The summed E-state index contributed by atoms with van der Waals surface area (Å²) in [6.07, 6.45) is 13.3. The molecular weight excluding hydrogens is 701 g/mol. The zero-order valence-corrected chi connectivity index (χ0v) is 31.9. The van der Waals surface area contributed by atoms with E-state index in [9.17, 15) is 24.9 Å². The van der Waals surface area contributed by atoms with Crippen molar-refractivity contribution < 1.29 is 42.9 Å². The van der Waals surface area contributed by atoms with E-state index < -0.39 is 44.4 Å². The van der Waals surface area contributed by atoms with E-state index in [1.807, 2.05) is 30.3 Å². The molecule has 1 saturated heterocycles. The molecule has 53 heavy (non-hydrogen) atoms. The van der Waals surface area contributed by atoms with E-state index in [0.717, 1.165) is 24.8 Å². The van der Waals surface area contributed by atoms with E-state index in [0.29, 0.717) is 18.7 Å². The van der Waals surface area contributed by atoms with Gasteiger partial charge in [0.1, 0.15) is 48.9 Å². The van der Waals surface area contributed by atoms with Crippen LogP contribution in [0.4, 0.5) is 5.82 Å². The Labute approximate surface area is 313 Å². The Hall–Kier alpha value is -2.96. The quantitative estimate of drug-likeness (QED) is 0.0479. The van der Waals surface area contributed by atoms with Gasteiger partial charge in [0.15, 0.2) is 5.82 Å². The number of nitrogen functional groups attached to an aromatic ring is 1. The molecule has 1 aliphatic rings. The number of fused-ring (bicyclic) bond motifs is 1. The van der Waals surface area contributed by atoms with Gasteiger partial charge in [0.2, 0.25) is 5.60 Å². The summed E-state index contributed by atoms with van der Waals surface area (Å²) >= 11 is 0. The first-order valence-electron chi connectivity index (χ1n) is 19.1. The number of hydrogen-bond acceptors (Lipinski definition) is 12. The molecule has 3 heterocycles. The van der Waals surface area contributed by atoms with Crippen molar-refractivity contribution in [1.82, 2.24) is 14.6 Å². The van der Waals surface area contributed by atoms with Crippen molar-refractivity contribution in [3.05, 3.63) is 60.0 Å². The molecule has 6 atom stereocenters. The van der Waals surface area contributed by atoms with Crippen LogP contribution in [-0.2, 0) is 34.4 Å². The molecule has 1 aromatic carbocycles. The number of nitriles is 1. The average molecular weight is 760 g/mol. The van der Waals surface area contributed by atoms with Gasteiger partial charge in [0.25, 0.3) is 0 Å². The lowest BCUT2D eigenvalue weighted by Crippen LogP contribution is -2.45. The van der Waals surface area contributed by atoms with Crippen LogP contribution in [0, 0.1) is 11.3 Å². The molecule has 0 spiro atoms.